The smallest absolute Gasteiger partial charge is 0.311 e. The summed E-state index contributed by atoms with van der Waals surface area (Å²) < 4.78 is 33.8. The molecule has 16 heteroatoms. The van der Waals surface area contributed by atoms with Gasteiger partial charge in [0.15, 0.2) is 0 Å². The minimum atomic E-state index is -0.263. The summed E-state index contributed by atoms with van der Waals surface area (Å²) in [7, 11) is 3.95. The van der Waals surface area contributed by atoms with Crippen LogP contribution in [-0.4, -0.2) is 122 Å². The zero-order chi connectivity index (χ0) is 67.2. The van der Waals surface area contributed by atoms with Gasteiger partial charge < -0.3 is 38.2 Å². The third-order valence-electron chi connectivity index (χ3n) is 18.7. The summed E-state index contributed by atoms with van der Waals surface area (Å²) in [5.41, 5.74) is 1.66. The van der Waals surface area contributed by atoms with Crippen LogP contribution in [0.2, 0.25) is 0 Å². The van der Waals surface area contributed by atoms with Crippen molar-refractivity contribution in [2.75, 3.05) is 70.6 Å². The highest BCUT2D eigenvalue weighted by atomic mass is 33.1. The second-order valence-electron chi connectivity index (χ2n) is 26.9. The van der Waals surface area contributed by atoms with E-state index < -0.39 is 0 Å². The SMILES string of the molecule is CCCCCCCCCOC(=O)CCCCCCCC(=O)Oc1ccc(CC(=O)OCCC2CCN(CCSSCCN3CCC(CCOC(=O)Cc4ccc(OC(=O)CCCCCCCC(=O)OC(CCCCCCCC)CCCCCCCC)cc4)CC3)CC2)cc1. The first-order chi connectivity index (χ1) is 46.0. The van der Waals surface area contributed by atoms with Crippen molar-refractivity contribution in [1.82, 2.24) is 9.80 Å². The molecule has 0 amide bonds. The largest absolute Gasteiger partial charge is 0.466 e. The third-order valence-corrected chi connectivity index (χ3v) is 21.0. The zero-order valence-corrected chi connectivity index (χ0v) is 60.8. The Hall–Kier alpha value is -4.12. The fraction of sp³-hybridized carbons (Fsp3) is 0.769. The van der Waals surface area contributed by atoms with Gasteiger partial charge in [0.2, 0.25) is 0 Å². The van der Waals surface area contributed by atoms with Crippen molar-refractivity contribution in [3.05, 3.63) is 59.7 Å². The van der Waals surface area contributed by atoms with Gasteiger partial charge in [-0.05, 0) is 170 Å². The van der Waals surface area contributed by atoms with Gasteiger partial charge >= 0.3 is 35.8 Å². The number of likely N-dealkylation sites (tertiary alicyclic amines) is 2. The maximum absolute atomic E-state index is 12.8. The quantitative estimate of drug-likeness (QED) is 0.0202. The van der Waals surface area contributed by atoms with Crippen molar-refractivity contribution in [1.29, 1.82) is 0 Å². The monoisotopic (exact) mass is 1350 g/mol. The lowest BCUT2D eigenvalue weighted by atomic mass is 9.94. The van der Waals surface area contributed by atoms with Crippen LogP contribution in [0.1, 0.15) is 295 Å². The Morgan fingerprint density at radius 3 is 1.11 bits per heavy atom. The van der Waals surface area contributed by atoms with Crippen LogP contribution in [0, 0.1) is 11.8 Å². The number of carbonyl (C=O) groups is 6. The highest BCUT2D eigenvalue weighted by molar-refractivity contribution is 8.76. The lowest BCUT2D eigenvalue weighted by Crippen LogP contribution is -2.36. The lowest BCUT2D eigenvalue weighted by molar-refractivity contribution is -0.150. The summed E-state index contributed by atoms with van der Waals surface area (Å²) >= 11 is 0. The van der Waals surface area contributed by atoms with Gasteiger partial charge in [0, 0.05) is 50.3 Å². The predicted octanol–water partition coefficient (Wildman–Crippen LogP) is 19.1. The Kier molecular flexibility index (Phi) is 48.9. The van der Waals surface area contributed by atoms with Crippen molar-refractivity contribution >= 4 is 57.4 Å². The van der Waals surface area contributed by atoms with Crippen LogP contribution in [0.3, 0.4) is 0 Å². The minimum Gasteiger partial charge on any atom is -0.466 e. The number of rotatable bonds is 58. The zero-order valence-electron chi connectivity index (χ0n) is 59.1. The molecule has 534 valence electrons. The van der Waals surface area contributed by atoms with E-state index in [1.165, 1.54) is 96.3 Å². The van der Waals surface area contributed by atoms with E-state index in [0.717, 1.165) is 203 Å². The van der Waals surface area contributed by atoms with Crippen LogP contribution in [0.25, 0.3) is 0 Å². The Morgan fingerprint density at radius 1 is 0.383 bits per heavy atom. The van der Waals surface area contributed by atoms with E-state index in [1.807, 2.05) is 45.9 Å². The Bertz CT molecular complexity index is 2240. The molecule has 2 fully saturated rings. The summed E-state index contributed by atoms with van der Waals surface area (Å²) in [6, 6.07) is 14.2. The average molecular weight is 1350 g/mol. The minimum absolute atomic E-state index is 0.0541. The molecule has 2 aliphatic rings. The first-order valence-corrected chi connectivity index (χ1v) is 40.4. The molecule has 2 aliphatic heterocycles. The molecule has 0 bridgehead atoms. The highest BCUT2D eigenvalue weighted by Crippen LogP contribution is 2.27. The molecule has 0 unspecified atom stereocenters. The van der Waals surface area contributed by atoms with Crippen LogP contribution in [0.15, 0.2) is 48.5 Å². The van der Waals surface area contributed by atoms with Crippen molar-refractivity contribution in [2.45, 2.75) is 303 Å². The number of unbranched alkanes of at least 4 members (excludes halogenated alkanes) is 24. The average Bonchev–Trinajstić information content (AvgIpc) is 3.74. The summed E-state index contributed by atoms with van der Waals surface area (Å²) in [5.74, 6) is 3.19. The fourth-order valence-electron chi connectivity index (χ4n) is 12.5. The maximum Gasteiger partial charge on any atom is 0.311 e. The van der Waals surface area contributed by atoms with Crippen LogP contribution < -0.4 is 9.47 Å². The fourth-order valence-corrected chi connectivity index (χ4v) is 14.6. The molecule has 4 rings (SSSR count). The van der Waals surface area contributed by atoms with Crippen LogP contribution >= 0.6 is 21.6 Å². The van der Waals surface area contributed by atoms with Crippen LogP contribution in [0.4, 0.5) is 0 Å². The van der Waals surface area contributed by atoms with Crippen molar-refractivity contribution in [2.24, 2.45) is 11.8 Å². The lowest BCUT2D eigenvalue weighted by Gasteiger charge is -2.32. The molecule has 0 radical (unpaired) electrons. The first-order valence-electron chi connectivity index (χ1n) is 38.0. The number of ether oxygens (including phenoxy) is 6. The second-order valence-corrected chi connectivity index (χ2v) is 29.6. The predicted molar refractivity (Wildman–Crippen MR) is 385 cm³/mol. The molecule has 0 atom stereocenters. The Balaban J connectivity index is 0.900. The second kappa shape index (κ2) is 55.8. The number of hydrogen-bond acceptors (Lipinski definition) is 16. The standard InChI is InChI=1S/C78H128N2O12S2/c1-4-7-10-13-16-25-32-59-87-73(81)35-28-21-17-22-30-37-75(83)91-71-43-39-68(40-44-71)64-77(85)88-60-51-66-47-53-79(54-48-66)57-62-93-94-63-58-80-55-49-67(50-56-80)52-61-89-78(86)65-69-41-45-72(46-42-69)92-76(84)38-31-24-18-23-29-36-74(82)90-70(33-26-19-14-11-8-5-2)34-27-20-15-12-9-6-3/h39-46,66-67,70H,4-38,47-65H2,1-3H3. The molecule has 2 aromatic rings. The molecule has 0 aliphatic carbocycles. The topological polar surface area (TPSA) is 164 Å². The van der Waals surface area contributed by atoms with Crippen molar-refractivity contribution in [3.8, 4) is 11.5 Å². The highest BCUT2D eigenvalue weighted by Gasteiger charge is 2.22. The molecule has 0 spiro atoms. The molecular formula is C78H128N2O12S2. The molecule has 2 saturated heterocycles. The number of benzene rings is 2. The normalized spacial score (nSPS) is 14.1. The van der Waals surface area contributed by atoms with Gasteiger partial charge in [0.05, 0.1) is 32.7 Å². The number of nitrogens with zero attached hydrogens (tertiary/aromatic N) is 2. The van der Waals surface area contributed by atoms with Crippen LogP contribution in [0.5, 0.6) is 11.5 Å². The van der Waals surface area contributed by atoms with Crippen molar-refractivity contribution < 1.29 is 57.2 Å². The van der Waals surface area contributed by atoms with E-state index in [1.54, 1.807) is 24.3 Å². The summed E-state index contributed by atoms with van der Waals surface area (Å²) in [4.78, 5) is 80.2. The van der Waals surface area contributed by atoms with Gasteiger partial charge in [-0.3, -0.25) is 28.8 Å². The first kappa shape index (κ1) is 82.3. The summed E-state index contributed by atoms with van der Waals surface area (Å²) in [6.07, 6.45) is 42.6. The molecule has 0 aromatic heterocycles. The Labute approximate surface area is 577 Å². The van der Waals surface area contributed by atoms with E-state index in [9.17, 15) is 28.8 Å². The molecule has 94 heavy (non-hydrogen) atoms. The number of hydrogen-bond donors (Lipinski definition) is 0. The van der Waals surface area contributed by atoms with Gasteiger partial charge in [-0.25, -0.2) is 0 Å². The number of esters is 6. The molecule has 2 heterocycles. The van der Waals surface area contributed by atoms with Gasteiger partial charge in [-0.1, -0.05) is 208 Å². The van der Waals surface area contributed by atoms with E-state index in [4.69, 9.17) is 28.4 Å². The number of carbonyl (C=O) groups excluding carboxylic acids is 6. The molecule has 14 nitrogen and oxygen atoms in total. The maximum atomic E-state index is 12.8. The van der Waals surface area contributed by atoms with Gasteiger partial charge in [-0.15, -0.1) is 0 Å². The van der Waals surface area contributed by atoms with E-state index in [2.05, 4.69) is 30.6 Å². The number of piperidine rings is 2. The van der Waals surface area contributed by atoms with Crippen molar-refractivity contribution in [3.63, 3.8) is 0 Å². The molecule has 2 aromatic carbocycles. The third kappa shape index (κ3) is 43.9. The molecule has 0 saturated carbocycles. The van der Waals surface area contributed by atoms with Crippen LogP contribution in [-0.2, 0) is 60.6 Å². The molecular weight excluding hydrogens is 1220 g/mol. The van der Waals surface area contributed by atoms with Gasteiger partial charge in [0.1, 0.15) is 17.6 Å². The Morgan fingerprint density at radius 2 is 0.713 bits per heavy atom. The van der Waals surface area contributed by atoms with E-state index >= 15 is 0 Å². The summed E-state index contributed by atoms with van der Waals surface area (Å²) in [5, 5.41) is 0. The van der Waals surface area contributed by atoms with E-state index in [0.29, 0.717) is 68.8 Å². The van der Waals surface area contributed by atoms with E-state index in [-0.39, 0.29) is 54.8 Å². The van der Waals surface area contributed by atoms with Gasteiger partial charge in [-0.2, -0.15) is 0 Å². The molecule has 0 N–H and O–H groups in total. The van der Waals surface area contributed by atoms with Gasteiger partial charge in [0.25, 0.3) is 0 Å². The summed E-state index contributed by atoms with van der Waals surface area (Å²) in [6.45, 7) is 14.7.